The molecule has 0 spiro atoms. The van der Waals surface area contributed by atoms with Crippen LogP contribution in [-0.4, -0.2) is 21.2 Å². The summed E-state index contributed by atoms with van der Waals surface area (Å²) < 4.78 is 1.22. The van der Waals surface area contributed by atoms with E-state index in [1.165, 1.54) is 4.57 Å². The maximum absolute atomic E-state index is 12.4. The lowest BCUT2D eigenvalue weighted by Crippen LogP contribution is -2.43. The molecule has 23 heavy (non-hydrogen) atoms. The van der Waals surface area contributed by atoms with Crippen LogP contribution in [0.4, 0.5) is 0 Å². The summed E-state index contributed by atoms with van der Waals surface area (Å²) in [4.78, 5) is 26.8. The second kappa shape index (κ2) is 5.38. The fraction of sp³-hybridized carbons (Fsp3) is 0.412. The predicted octanol–water partition coefficient (Wildman–Crippen LogP) is 1.23. The first kappa shape index (κ1) is 15.6. The largest absolute Gasteiger partial charge is 0.494 e. The molecule has 1 aliphatic heterocycles. The maximum Gasteiger partial charge on any atom is 0.331 e. The van der Waals surface area contributed by atoms with Crippen molar-refractivity contribution in [1.29, 1.82) is 0 Å². The van der Waals surface area contributed by atoms with Crippen LogP contribution in [-0.2, 0) is 12.0 Å². The summed E-state index contributed by atoms with van der Waals surface area (Å²) in [6.07, 6.45) is 0.865. The molecule has 1 aromatic carbocycles. The van der Waals surface area contributed by atoms with Gasteiger partial charge < -0.3 is 10.4 Å². The van der Waals surface area contributed by atoms with E-state index in [2.05, 4.69) is 10.3 Å². The van der Waals surface area contributed by atoms with E-state index < -0.39 is 22.8 Å². The van der Waals surface area contributed by atoms with Crippen LogP contribution in [0.3, 0.4) is 0 Å². The van der Waals surface area contributed by atoms with Crippen LogP contribution in [0.1, 0.15) is 43.5 Å². The van der Waals surface area contributed by atoms with Gasteiger partial charge in [0.2, 0.25) is 5.88 Å². The standard InChI is InChI=1S/C17H21N3O3/c1-17(2,3)20-15(22)12(14(21)19-16(20)23)13-11-7-5-4-6-10(11)8-9-18-13/h4-7,13,18,22H,8-9H2,1-3H3,(H,19,21,23)/t13-/m0/s1. The molecule has 2 aromatic rings. The highest BCUT2D eigenvalue weighted by atomic mass is 16.3. The molecule has 0 fully saturated rings. The number of aromatic hydroxyl groups is 1. The average Bonchev–Trinajstić information content (AvgIpc) is 2.45. The Morgan fingerprint density at radius 2 is 1.91 bits per heavy atom. The first-order chi connectivity index (χ1) is 10.8. The summed E-state index contributed by atoms with van der Waals surface area (Å²) in [5.74, 6) is -0.277. The molecule has 1 atom stereocenters. The van der Waals surface area contributed by atoms with Gasteiger partial charge in [-0.25, -0.2) is 4.79 Å². The molecule has 0 saturated heterocycles. The molecular weight excluding hydrogens is 294 g/mol. The Labute approximate surface area is 133 Å². The summed E-state index contributed by atoms with van der Waals surface area (Å²) in [6, 6.07) is 7.40. The molecule has 0 unspecified atom stereocenters. The average molecular weight is 315 g/mol. The second-order valence-electron chi connectivity index (χ2n) is 6.84. The van der Waals surface area contributed by atoms with E-state index in [-0.39, 0.29) is 11.4 Å². The van der Waals surface area contributed by atoms with Gasteiger partial charge in [0, 0.05) is 12.1 Å². The lowest BCUT2D eigenvalue weighted by atomic mass is 9.90. The smallest absolute Gasteiger partial charge is 0.331 e. The highest BCUT2D eigenvalue weighted by molar-refractivity contribution is 5.42. The minimum absolute atomic E-state index is 0.187. The van der Waals surface area contributed by atoms with Crippen LogP contribution in [0.5, 0.6) is 5.88 Å². The van der Waals surface area contributed by atoms with Crippen molar-refractivity contribution in [2.24, 2.45) is 0 Å². The van der Waals surface area contributed by atoms with Crippen LogP contribution >= 0.6 is 0 Å². The summed E-state index contributed by atoms with van der Waals surface area (Å²) in [7, 11) is 0. The molecule has 0 aliphatic carbocycles. The summed E-state index contributed by atoms with van der Waals surface area (Å²) >= 11 is 0. The van der Waals surface area contributed by atoms with E-state index in [1.807, 2.05) is 24.3 Å². The van der Waals surface area contributed by atoms with Crippen LogP contribution in [0, 0.1) is 0 Å². The number of rotatable bonds is 1. The molecule has 1 aliphatic rings. The summed E-state index contributed by atoms with van der Waals surface area (Å²) in [5, 5.41) is 13.9. The molecule has 6 heteroatoms. The lowest BCUT2D eigenvalue weighted by Gasteiger charge is -2.29. The Morgan fingerprint density at radius 1 is 1.22 bits per heavy atom. The van der Waals surface area contributed by atoms with Gasteiger partial charge in [0.1, 0.15) is 0 Å². The van der Waals surface area contributed by atoms with Gasteiger partial charge in [-0.15, -0.1) is 0 Å². The minimum atomic E-state index is -0.645. The van der Waals surface area contributed by atoms with Crippen molar-refractivity contribution >= 4 is 0 Å². The third-order valence-corrected chi connectivity index (χ3v) is 4.19. The fourth-order valence-corrected chi connectivity index (χ4v) is 3.18. The van der Waals surface area contributed by atoms with Crippen molar-refractivity contribution in [3.05, 3.63) is 61.8 Å². The zero-order chi connectivity index (χ0) is 16.8. The normalized spacial score (nSPS) is 17.8. The minimum Gasteiger partial charge on any atom is -0.494 e. The van der Waals surface area contributed by atoms with Gasteiger partial charge >= 0.3 is 5.69 Å². The third kappa shape index (κ3) is 2.59. The van der Waals surface area contributed by atoms with Crippen LogP contribution in [0.2, 0.25) is 0 Å². The molecule has 0 bridgehead atoms. The van der Waals surface area contributed by atoms with Crippen molar-refractivity contribution in [2.45, 2.75) is 38.8 Å². The molecule has 6 nitrogen and oxygen atoms in total. The zero-order valence-corrected chi connectivity index (χ0v) is 13.5. The molecule has 0 saturated carbocycles. The fourth-order valence-electron chi connectivity index (χ4n) is 3.18. The van der Waals surface area contributed by atoms with E-state index in [0.29, 0.717) is 6.54 Å². The Kier molecular flexibility index (Phi) is 3.64. The number of aromatic nitrogens is 2. The predicted molar refractivity (Wildman–Crippen MR) is 88.0 cm³/mol. The number of hydrogen-bond acceptors (Lipinski definition) is 4. The van der Waals surface area contributed by atoms with Crippen molar-refractivity contribution in [3.8, 4) is 5.88 Å². The van der Waals surface area contributed by atoms with Gasteiger partial charge in [0.25, 0.3) is 5.56 Å². The number of nitrogens with zero attached hydrogens (tertiary/aromatic N) is 1. The topological polar surface area (TPSA) is 87.1 Å². The molecule has 122 valence electrons. The highest BCUT2D eigenvalue weighted by Crippen LogP contribution is 2.32. The van der Waals surface area contributed by atoms with Crippen LogP contribution < -0.4 is 16.6 Å². The van der Waals surface area contributed by atoms with Gasteiger partial charge in [-0.3, -0.25) is 14.3 Å². The number of nitrogens with one attached hydrogen (secondary N) is 2. The number of fused-ring (bicyclic) bond motifs is 1. The number of aromatic amines is 1. The zero-order valence-electron chi connectivity index (χ0n) is 13.5. The lowest BCUT2D eigenvalue weighted by molar-refractivity contribution is 0.298. The van der Waals surface area contributed by atoms with Crippen molar-refractivity contribution in [2.75, 3.05) is 6.54 Å². The van der Waals surface area contributed by atoms with Gasteiger partial charge in [-0.2, -0.15) is 0 Å². The van der Waals surface area contributed by atoms with E-state index >= 15 is 0 Å². The Hall–Kier alpha value is -2.34. The molecule has 3 rings (SSSR count). The molecule has 2 heterocycles. The molecule has 1 aromatic heterocycles. The van der Waals surface area contributed by atoms with E-state index in [4.69, 9.17) is 0 Å². The SMILES string of the molecule is CC(C)(C)n1c(O)c([C@H]2NCCc3ccccc32)c(=O)[nH]c1=O. The van der Waals surface area contributed by atoms with Crippen molar-refractivity contribution in [3.63, 3.8) is 0 Å². The van der Waals surface area contributed by atoms with E-state index in [0.717, 1.165) is 17.5 Å². The third-order valence-electron chi connectivity index (χ3n) is 4.19. The Morgan fingerprint density at radius 3 is 2.61 bits per heavy atom. The first-order valence-electron chi connectivity index (χ1n) is 7.70. The van der Waals surface area contributed by atoms with Gasteiger partial charge in [-0.1, -0.05) is 24.3 Å². The maximum atomic E-state index is 12.4. The van der Waals surface area contributed by atoms with Crippen LogP contribution in [0.25, 0.3) is 0 Å². The highest BCUT2D eigenvalue weighted by Gasteiger charge is 2.30. The molecule has 0 amide bonds. The van der Waals surface area contributed by atoms with E-state index in [9.17, 15) is 14.7 Å². The van der Waals surface area contributed by atoms with Gasteiger partial charge in [0.15, 0.2) is 0 Å². The molecule has 3 N–H and O–H groups in total. The summed E-state index contributed by atoms with van der Waals surface area (Å²) in [5.41, 5.74) is 0.484. The van der Waals surface area contributed by atoms with Crippen molar-refractivity contribution < 1.29 is 5.11 Å². The van der Waals surface area contributed by atoms with Gasteiger partial charge in [-0.05, 0) is 38.3 Å². The number of hydrogen-bond donors (Lipinski definition) is 3. The van der Waals surface area contributed by atoms with Crippen LogP contribution in [0.15, 0.2) is 33.9 Å². The number of H-pyrrole nitrogens is 1. The molecular formula is C17H21N3O3. The Bertz CT molecular complexity index is 859. The first-order valence-corrected chi connectivity index (χ1v) is 7.70. The monoisotopic (exact) mass is 315 g/mol. The number of benzene rings is 1. The van der Waals surface area contributed by atoms with E-state index in [1.54, 1.807) is 20.8 Å². The summed E-state index contributed by atoms with van der Waals surface area (Å²) in [6.45, 7) is 6.12. The quantitative estimate of drug-likeness (QED) is 0.739. The van der Waals surface area contributed by atoms with Gasteiger partial charge in [0.05, 0.1) is 11.6 Å². The van der Waals surface area contributed by atoms with Crippen molar-refractivity contribution in [1.82, 2.24) is 14.9 Å². The molecule has 0 radical (unpaired) electrons. The Balaban J connectivity index is 2.27. The second-order valence-corrected chi connectivity index (χ2v) is 6.84.